The molecule has 1 heterocycles. The van der Waals surface area contributed by atoms with E-state index in [1.165, 1.54) is 7.11 Å². The van der Waals surface area contributed by atoms with Crippen molar-refractivity contribution in [3.8, 4) is 11.4 Å². The SMILES string of the molecule is COC(=O)c1cccc(Nc2ccc(-c3ncccn3)cc2)c1. The fourth-order valence-electron chi connectivity index (χ4n) is 2.16. The van der Waals surface area contributed by atoms with E-state index in [4.69, 9.17) is 4.74 Å². The maximum Gasteiger partial charge on any atom is 0.337 e. The number of nitrogens with zero attached hydrogens (tertiary/aromatic N) is 2. The molecule has 0 radical (unpaired) electrons. The van der Waals surface area contributed by atoms with Crippen molar-refractivity contribution in [1.29, 1.82) is 0 Å². The second-order valence-corrected chi connectivity index (χ2v) is 4.85. The van der Waals surface area contributed by atoms with Gasteiger partial charge in [0.05, 0.1) is 12.7 Å². The lowest BCUT2D eigenvalue weighted by atomic mass is 10.1. The Labute approximate surface area is 134 Å². The summed E-state index contributed by atoms with van der Waals surface area (Å²) in [4.78, 5) is 20.0. The normalized spacial score (nSPS) is 10.1. The summed E-state index contributed by atoms with van der Waals surface area (Å²) in [5, 5.41) is 3.25. The average Bonchev–Trinajstić information content (AvgIpc) is 2.62. The number of methoxy groups -OCH3 is 1. The molecule has 0 unspecified atom stereocenters. The lowest BCUT2D eigenvalue weighted by Gasteiger charge is -2.08. The van der Waals surface area contributed by atoms with Crippen LogP contribution in [0.3, 0.4) is 0 Å². The highest BCUT2D eigenvalue weighted by Gasteiger charge is 2.06. The van der Waals surface area contributed by atoms with Crippen LogP contribution in [-0.4, -0.2) is 23.0 Å². The van der Waals surface area contributed by atoms with Gasteiger partial charge in [0.2, 0.25) is 0 Å². The number of rotatable bonds is 4. The number of aromatic nitrogens is 2. The van der Waals surface area contributed by atoms with E-state index >= 15 is 0 Å². The van der Waals surface area contributed by atoms with Gasteiger partial charge in [-0.25, -0.2) is 14.8 Å². The Bertz CT molecular complexity index is 802. The topological polar surface area (TPSA) is 64.1 Å². The first kappa shape index (κ1) is 14.7. The molecule has 2 aromatic carbocycles. The number of nitrogens with one attached hydrogen (secondary N) is 1. The molecule has 1 aromatic heterocycles. The first-order chi connectivity index (χ1) is 11.3. The molecule has 0 aliphatic rings. The third-order valence-corrected chi connectivity index (χ3v) is 3.28. The molecule has 3 aromatic rings. The van der Waals surface area contributed by atoms with Crippen LogP contribution >= 0.6 is 0 Å². The Morgan fingerprint density at radius 3 is 2.39 bits per heavy atom. The summed E-state index contributed by atoms with van der Waals surface area (Å²) >= 11 is 0. The maximum atomic E-state index is 11.6. The molecule has 5 heteroatoms. The Morgan fingerprint density at radius 1 is 0.957 bits per heavy atom. The number of benzene rings is 2. The van der Waals surface area contributed by atoms with Gasteiger partial charge in [-0.1, -0.05) is 6.07 Å². The molecule has 0 aliphatic carbocycles. The standard InChI is InChI=1S/C18H15N3O2/c1-23-18(22)14-4-2-5-16(12-14)21-15-8-6-13(7-9-15)17-19-10-3-11-20-17/h2-12,21H,1H3. The van der Waals surface area contributed by atoms with E-state index in [9.17, 15) is 4.79 Å². The molecule has 0 aliphatic heterocycles. The predicted molar refractivity (Wildman–Crippen MR) is 88.5 cm³/mol. The number of anilines is 2. The van der Waals surface area contributed by atoms with Gasteiger partial charge < -0.3 is 10.1 Å². The smallest absolute Gasteiger partial charge is 0.337 e. The summed E-state index contributed by atoms with van der Waals surface area (Å²) in [5.41, 5.74) is 3.18. The molecule has 0 bridgehead atoms. The Morgan fingerprint density at radius 2 is 1.70 bits per heavy atom. The largest absolute Gasteiger partial charge is 0.465 e. The van der Waals surface area contributed by atoms with Gasteiger partial charge in [-0.05, 0) is 48.5 Å². The van der Waals surface area contributed by atoms with Gasteiger partial charge in [-0.2, -0.15) is 0 Å². The van der Waals surface area contributed by atoms with Crippen molar-refractivity contribution in [1.82, 2.24) is 9.97 Å². The van der Waals surface area contributed by atoms with Gasteiger partial charge in [0.25, 0.3) is 0 Å². The number of esters is 1. The molecule has 1 N–H and O–H groups in total. The van der Waals surface area contributed by atoms with Crippen LogP contribution in [-0.2, 0) is 4.74 Å². The number of carbonyl (C=O) groups excluding carboxylic acids is 1. The first-order valence-electron chi connectivity index (χ1n) is 7.09. The zero-order valence-corrected chi connectivity index (χ0v) is 12.6. The summed E-state index contributed by atoms with van der Waals surface area (Å²) in [6.45, 7) is 0. The molecule has 3 rings (SSSR count). The van der Waals surface area contributed by atoms with Crippen molar-refractivity contribution in [3.63, 3.8) is 0 Å². The molecule has 0 fully saturated rings. The van der Waals surface area contributed by atoms with E-state index in [2.05, 4.69) is 15.3 Å². The summed E-state index contributed by atoms with van der Waals surface area (Å²) in [6.07, 6.45) is 3.43. The van der Waals surface area contributed by atoms with E-state index in [0.29, 0.717) is 11.4 Å². The monoisotopic (exact) mass is 305 g/mol. The minimum Gasteiger partial charge on any atom is -0.465 e. The van der Waals surface area contributed by atoms with Crippen molar-refractivity contribution >= 4 is 17.3 Å². The third-order valence-electron chi connectivity index (χ3n) is 3.28. The van der Waals surface area contributed by atoms with E-state index in [0.717, 1.165) is 16.9 Å². The van der Waals surface area contributed by atoms with E-state index in [1.807, 2.05) is 30.3 Å². The van der Waals surface area contributed by atoms with Gasteiger partial charge >= 0.3 is 5.97 Å². The average molecular weight is 305 g/mol. The van der Waals surface area contributed by atoms with Crippen LogP contribution in [0.4, 0.5) is 11.4 Å². The zero-order valence-electron chi connectivity index (χ0n) is 12.6. The van der Waals surface area contributed by atoms with Gasteiger partial charge in [-0.3, -0.25) is 0 Å². The van der Waals surface area contributed by atoms with Crippen LogP contribution in [0, 0.1) is 0 Å². The van der Waals surface area contributed by atoms with Crippen LogP contribution in [0.15, 0.2) is 67.0 Å². The third kappa shape index (κ3) is 3.52. The summed E-state index contributed by atoms with van der Waals surface area (Å²) < 4.78 is 4.73. The van der Waals surface area contributed by atoms with Crippen molar-refractivity contribution < 1.29 is 9.53 Å². The number of ether oxygens (including phenoxy) is 1. The number of carbonyl (C=O) groups is 1. The molecule has 0 atom stereocenters. The molecular weight excluding hydrogens is 290 g/mol. The highest BCUT2D eigenvalue weighted by Crippen LogP contribution is 2.21. The second kappa shape index (κ2) is 6.70. The van der Waals surface area contributed by atoms with Crippen LogP contribution in [0.25, 0.3) is 11.4 Å². The minimum absolute atomic E-state index is 0.356. The van der Waals surface area contributed by atoms with Crippen LogP contribution < -0.4 is 5.32 Å². The van der Waals surface area contributed by atoms with E-state index in [1.54, 1.807) is 36.7 Å². The number of hydrogen-bond acceptors (Lipinski definition) is 5. The molecule has 23 heavy (non-hydrogen) atoms. The maximum absolute atomic E-state index is 11.6. The summed E-state index contributed by atoms with van der Waals surface area (Å²) in [5.74, 6) is 0.331. The van der Waals surface area contributed by atoms with Gasteiger partial charge in [0.1, 0.15) is 0 Å². The van der Waals surface area contributed by atoms with E-state index < -0.39 is 0 Å². The molecule has 5 nitrogen and oxygen atoms in total. The molecule has 0 saturated carbocycles. The van der Waals surface area contributed by atoms with Crippen molar-refractivity contribution in [2.24, 2.45) is 0 Å². The highest BCUT2D eigenvalue weighted by molar-refractivity contribution is 5.90. The predicted octanol–water partition coefficient (Wildman–Crippen LogP) is 3.67. The quantitative estimate of drug-likeness (QED) is 0.745. The number of hydrogen-bond donors (Lipinski definition) is 1. The van der Waals surface area contributed by atoms with Crippen molar-refractivity contribution in [3.05, 3.63) is 72.6 Å². The highest BCUT2D eigenvalue weighted by atomic mass is 16.5. The van der Waals surface area contributed by atoms with Crippen LogP contribution in [0.1, 0.15) is 10.4 Å². The molecule has 0 saturated heterocycles. The van der Waals surface area contributed by atoms with Crippen molar-refractivity contribution in [2.45, 2.75) is 0 Å². The van der Waals surface area contributed by atoms with Gasteiger partial charge in [0.15, 0.2) is 5.82 Å². The Balaban J connectivity index is 1.77. The van der Waals surface area contributed by atoms with Gasteiger partial charge in [-0.15, -0.1) is 0 Å². The zero-order chi connectivity index (χ0) is 16.1. The lowest BCUT2D eigenvalue weighted by Crippen LogP contribution is -2.01. The second-order valence-electron chi connectivity index (χ2n) is 4.85. The Kier molecular flexibility index (Phi) is 4.29. The lowest BCUT2D eigenvalue weighted by molar-refractivity contribution is 0.0601. The van der Waals surface area contributed by atoms with E-state index in [-0.39, 0.29) is 5.97 Å². The summed E-state index contributed by atoms with van der Waals surface area (Å²) in [6, 6.07) is 16.7. The molecule has 114 valence electrons. The fourth-order valence-corrected chi connectivity index (χ4v) is 2.16. The van der Waals surface area contributed by atoms with Gasteiger partial charge in [0, 0.05) is 29.3 Å². The van der Waals surface area contributed by atoms with Crippen LogP contribution in [0.5, 0.6) is 0 Å². The molecular formula is C18H15N3O2. The first-order valence-corrected chi connectivity index (χ1v) is 7.09. The molecule has 0 amide bonds. The fraction of sp³-hybridized carbons (Fsp3) is 0.0556. The molecule has 0 spiro atoms. The van der Waals surface area contributed by atoms with Crippen LogP contribution in [0.2, 0.25) is 0 Å². The van der Waals surface area contributed by atoms with Crippen molar-refractivity contribution in [2.75, 3.05) is 12.4 Å². The Hall–Kier alpha value is -3.21. The summed E-state index contributed by atoms with van der Waals surface area (Å²) in [7, 11) is 1.37. The minimum atomic E-state index is -0.356.